The minimum atomic E-state index is 0.0215. The van der Waals surface area contributed by atoms with Crippen LogP contribution in [0.4, 0.5) is 17.1 Å². The first-order valence-electron chi connectivity index (χ1n) is 20.6. The van der Waals surface area contributed by atoms with E-state index in [1.807, 2.05) is 0 Å². The summed E-state index contributed by atoms with van der Waals surface area (Å²) in [5.41, 5.74) is 18.7. The number of hydrogen-bond acceptors (Lipinski definition) is 1. The minimum absolute atomic E-state index is 0.0215. The highest BCUT2D eigenvalue weighted by Crippen LogP contribution is 2.67. The minimum Gasteiger partial charge on any atom is -0.310 e. The van der Waals surface area contributed by atoms with Gasteiger partial charge < -0.3 is 4.90 Å². The number of hydrogen-bond donors (Lipinski definition) is 0. The molecule has 53 heavy (non-hydrogen) atoms. The van der Waals surface area contributed by atoms with Crippen LogP contribution in [0.15, 0.2) is 140 Å². The molecule has 0 radical (unpaired) electrons. The molecule has 1 heteroatoms. The van der Waals surface area contributed by atoms with Crippen molar-refractivity contribution in [3.05, 3.63) is 162 Å². The number of nitrogens with zero attached hydrogens (tertiary/aromatic N) is 1. The van der Waals surface area contributed by atoms with Gasteiger partial charge in [0.15, 0.2) is 0 Å². The maximum atomic E-state index is 2.66. The number of rotatable bonds is 5. The fourth-order valence-electron chi connectivity index (χ4n) is 12.7. The lowest BCUT2D eigenvalue weighted by molar-refractivity contribution is 0.0560. The third-order valence-electron chi connectivity index (χ3n) is 14.7. The van der Waals surface area contributed by atoms with Gasteiger partial charge in [-0.15, -0.1) is 0 Å². The molecular formula is C52H49N. The Labute approximate surface area is 315 Å². The Balaban J connectivity index is 1.16. The third-order valence-corrected chi connectivity index (χ3v) is 14.7. The normalized spacial score (nSPS) is 24.1. The van der Waals surface area contributed by atoms with E-state index >= 15 is 0 Å². The van der Waals surface area contributed by atoms with Gasteiger partial charge >= 0.3 is 0 Å². The Kier molecular flexibility index (Phi) is 7.20. The summed E-state index contributed by atoms with van der Waals surface area (Å²) in [4.78, 5) is 2.66. The second kappa shape index (κ2) is 12.1. The van der Waals surface area contributed by atoms with Crippen LogP contribution in [0.5, 0.6) is 0 Å². The van der Waals surface area contributed by atoms with Crippen LogP contribution in [0.1, 0.15) is 93.4 Å². The molecule has 2 bridgehead atoms. The quantitative estimate of drug-likeness (QED) is 0.174. The fraction of sp³-hybridized carbons (Fsp3) is 0.308. The highest BCUT2D eigenvalue weighted by Gasteiger charge is 2.58. The second-order valence-electron chi connectivity index (χ2n) is 17.0. The molecule has 5 aliphatic carbocycles. The van der Waals surface area contributed by atoms with E-state index in [9.17, 15) is 0 Å². The molecule has 6 aromatic rings. The summed E-state index contributed by atoms with van der Waals surface area (Å²) in [7, 11) is 0. The van der Waals surface area contributed by atoms with E-state index in [-0.39, 0.29) is 10.8 Å². The van der Waals surface area contributed by atoms with Crippen LogP contribution in [0, 0.1) is 17.8 Å². The third kappa shape index (κ3) is 4.43. The van der Waals surface area contributed by atoms with Crippen LogP contribution in [0.3, 0.4) is 0 Å². The lowest BCUT2D eigenvalue weighted by atomic mass is 9.49. The fourth-order valence-corrected chi connectivity index (χ4v) is 12.7. The number of anilines is 3. The Bertz CT molecular complexity index is 2340. The molecule has 3 saturated carbocycles. The van der Waals surface area contributed by atoms with E-state index in [0.29, 0.717) is 11.8 Å². The van der Waals surface area contributed by atoms with Crippen molar-refractivity contribution >= 4 is 17.1 Å². The molecule has 5 aliphatic rings. The summed E-state index contributed by atoms with van der Waals surface area (Å²) in [5.74, 6) is 2.17. The Morgan fingerprint density at radius 1 is 0.547 bits per heavy atom. The topological polar surface area (TPSA) is 3.24 Å². The van der Waals surface area contributed by atoms with Gasteiger partial charge in [-0.3, -0.25) is 0 Å². The summed E-state index contributed by atoms with van der Waals surface area (Å²) in [5, 5.41) is 0. The van der Waals surface area contributed by atoms with Crippen LogP contribution >= 0.6 is 0 Å². The molecule has 1 nitrogen and oxygen atoms in total. The predicted molar refractivity (Wildman–Crippen MR) is 221 cm³/mol. The summed E-state index contributed by atoms with van der Waals surface area (Å²) in [6.07, 6.45) is 13.2. The average Bonchev–Trinajstić information content (AvgIpc) is 3.91. The maximum Gasteiger partial charge on any atom is 0.0509 e. The second-order valence-corrected chi connectivity index (χ2v) is 17.0. The van der Waals surface area contributed by atoms with Crippen molar-refractivity contribution < 1.29 is 0 Å². The van der Waals surface area contributed by atoms with Crippen molar-refractivity contribution in [1.82, 2.24) is 0 Å². The summed E-state index contributed by atoms with van der Waals surface area (Å²) < 4.78 is 0. The van der Waals surface area contributed by atoms with Gasteiger partial charge in [-0.2, -0.15) is 0 Å². The largest absolute Gasteiger partial charge is 0.310 e. The molecule has 4 atom stereocenters. The summed E-state index contributed by atoms with van der Waals surface area (Å²) in [6, 6.07) is 54.0. The molecule has 3 fully saturated rings. The first-order valence-corrected chi connectivity index (χ1v) is 20.6. The molecule has 2 spiro atoms. The smallest absolute Gasteiger partial charge is 0.0509 e. The Hall–Kier alpha value is -4.88. The van der Waals surface area contributed by atoms with Gasteiger partial charge in [0.1, 0.15) is 0 Å². The molecular weight excluding hydrogens is 639 g/mol. The number of benzene rings is 6. The van der Waals surface area contributed by atoms with Gasteiger partial charge in [-0.25, -0.2) is 0 Å². The molecule has 262 valence electrons. The van der Waals surface area contributed by atoms with Crippen molar-refractivity contribution in [2.75, 3.05) is 4.90 Å². The van der Waals surface area contributed by atoms with Gasteiger partial charge in [-0.1, -0.05) is 148 Å². The van der Waals surface area contributed by atoms with Crippen LogP contribution in [0.25, 0.3) is 33.4 Å². The van der Waals surface area contributed by atoms with Gasteiger partial charge in [0, 0.05) is 22.2 Å². The zero-order valence-electron chi connectivity index (χ0n) is 31.0. The predicted octanol–water partition coefficient (Wildman–Crippen LogP) is 14.2. The van der Waals surface area contributed by atoms with Crippen LogP contribution in [-0.4, -0.2) is 0 Å². The van der Waals surface area contributed by atoms with E-state index in [1.165, 1.54) is 115 Å². The number of fused-ring (bicyclic) bond motifs is 13. The SMILES string of the molecule is CCC1CC2CCCC(C2)C12c1ccccc1-c1cccc(N(c3ccc(-c4ccccc4)cc3)c3ccc4c(c3)-c3ccccc3C43CCCC3)c12. The van der Waals surface area contributed by atoms with Gasteiger partial charge in [-0.05, 0) is 136 Å². The molecule has 0 aliphatic heterocycles. The highest BCUT2D eigenvalue weighted by molar-refractivity contribution is 5.93. The molecule has 0 N–H and O–H groups in total. The van der Waals surface area contributed by atoms with Crippen molar-refractivity contribution in [1.29, 1.82) is 0 Å². The maximum absolute atomic E-state index is 2.66. The van der Waals surface area contributed by atoms with E-state index in [4.69, 9.17) is 0 Å². The first-order chi connectivity index (χ1) is 26.2. The average molecular weight is 688 g/mol. The Morgan fingerprint density at radius 2 is 1.21 bits per heavy atom. The molecule has 6 aromatic carbocycles. The molecule has 0 saturated heterocycles. The lowest BCUT2D eigenvalue weighted by Crippen LogP contribution is -2.49. The zero-order valence-corrected chi connectivity index (χ0v) is 31.0. The van der Waals surface area contributed by atoms with E-state index in [0.717, 1.165) is 5.92 Å². The summed E-state index contributed by atoms with van der Waals surface area (Å²) in [6.45, 7) is 2.48. The van der Waals surface area contributed by atoms with Crippen molar-refractivity contribution in [3.8, 4) is 33.4 Å². The van der Waals surface area contributed by atoms with Crippen molar-refractivity contribution in [2.24, 2.45) is 17.8 Å². The Morgan fingerprint density at radius 3 is 2.00 bits per heavy atom. The van der Waals surface area contributed by atoms with Gasteiger partial charge in [0.05, 0.1) is 5.69 Å². The lowest BCUT2D eigenvalue weighted by Gasteiger charge is -2.54. The van der Waals surface area contributed by atoms with E-state index < -0.39 is 0 Å². The molecule has 0 aromatic heterocycles. The standard InChI is InChI=1S/C52H49N/c1-2-38-32-35-14-12-17-39(33-35)52(38)48-22-9-7-18-42(48)44-20-13-23-49(50(44)52)53(40-26-24-37(25-27-40)36-15-4-3-5-16-36)41-28-29-47-45(34-41)43-19-6-8-21-46(43)51(47)30-10-11-31-51/h3-9,13,15-16,18-29,34-35,38-39H,2,10-12,14,17,30-33H2,1H3. The van der Waals surface area contributed by atoms with Crippen LogP contribution in [-0.2, 0) is 10.8 Å². The summed E-state index contributed by atoms with van der Waals surface area (Å²) >= 11 is 0. The zero-order chi connectivity index (χ0) is 35.1. The molecule has 4 unspecified atom stereocenters. The van der Waals surface area contributed by atoms with E-state index in [1.54, 1.807) is 22.3 Å². The van der Waals surface area contributed by atoms with Crippen LogP contribution in [0.2, 0.25) is 0 Å². The monoisotopic (exact) mass is 687 g/mol. The van der Waals surface area contributed by atoms with Crippen LogP contribution < -0.4 is 4.90 Å². The van der Waals surface area contributed by atoms with Crippen molar-refractivity contribution in [2.45, 2.75) is 82.0 Å². The van der Waals surface area contributed by atoms with Crippen molar-refractivity contribution in [3.63, 3.8) is 0 Å². The first kappa shape index (κ1) is 31.6. The molecule has 11 rings (SSSR count). The highest BCUT2D eigenvalue weighted by atomic mass is 15.1. The van der Waals surface area contributed by atoms with E-state index in [2.05, 4.69) is 151 Å². The van der Waals surface area contributed by atoms with Gasteiger partial charge in [0.25, 0.3) is 0 Å². The van der Waals surface area contributed by atoms with Gasteiger partial charge in [0.2, 0.25) is 0 Å². The molecule has 0 heterocycles. The molecule has 0 amide bonds.